The van der Waals surface area contributed by atoms with Crippen LogP contribution in [0.1, 0.15) is 16.1 Å². The number of rotatable bonds is 6. The first-order valence-corrected chi connectivity index (χ1v) is 10.6. The number of ketones is 1. The number of halogens is 1. The van der Waals surface area contributed by atoms with Crippen LogP contribution < -0.4 is 0 Å². The molecule has 5 rings (SSSR count). The minimum Gasteiger partial charge on any atom is -0.379 e. The van der Waals surface area contributed by atoms with Crippen LogP contribution in [-0.2, 0) is 4.74 Å². The summed E-state index contributed by atoms with van der Waals surface area (Å²) in [5, 5.41) is 8.34. The first-order valence-electron chi connectivity index (χ1n) is 10.6. The quantitative estimate of drug-likeness (QED) is 0.420. The van der Waals surface area contributed by atoms with Crippen LogP contribution in [0.3, 0.4) is 0 Å². The van der Waals surface area contributed by atoms with Gasteiger partial charge in [0.25, 0.3) is 0 Å². The molecule has 4 aromatic rings. The van der Waals surface area contributed by atoms with E-state index in [9.17, 15) is 9.18 Å². The molecule has 3 aromatic heterocycles. The second kappa shape index (κ2) is 9.00. The standard InChI is InChI=1S/C23H22FN7O2/c1-16-23(31(28-27-16)19-5-3-18(24)4-6-19)20-13-30(15-26-20)22-7-2-17(12-25-22)21(32)14-29-8-10-33-11-9-29/h2-7,12-13,15H,8-11,14H2,1H3. The molecule has 1 saturated heterocycles. The van der Waals surface area contributed by atoms with E-state index >= 15 is 0 Å². The van der Waals surface area contributed by atoms with Gasteiger partial charge in [0.05, 0.1) is 31.1 Å². The fraction of sp³-hybridized carbons (Fsp3) is 0.261. The minimum absolute atomic E-state index is 0.0344. The first-order chi connectivity index (χ1) is 16.1. The average molecular weight is 447 g/mol. The van der Waals surface area contributed by atoms with Crippen molar-refractivity contribution < 1.29 is 13.9 Å². The van der Waals surface area contributed by atoms with E-state index in [0.717, 1.165) is 13.1 Å². The van der Waals surface area contributed by atoms with Gasteiger partial charge in [-0.25, -0.2) is 19.0 Å². The van der Waals surface area contributed by atoms with Crippen molar-refractivity contribution in [2.45, 2.75) is 6.92 Å². The largest absolute Gasteiger partial charge is 0.379 e. The minimum atomic E-state index is -0.320. The lowest BCUT2D eigenvalue weighted by molar-refractivity contribution is 0.0371. The number of hydrogen-bond acceptors (Lipinski definition) is 7. The molecule has 33 heavy (non-hydrogen) atoms. The molecule has 0 unspecified atom stereocenters. The highest BCUT2D eigenvalue weighted by molar-refractivity contribution is 5.97. The van der Waals surface area contributed by atoms with Gasteiger partial charge in [0.1, 0.15) is 29.4 Å². The molecule has 4 heterocycles. The Kier molecular flexibility index (Phi) is 5.76. The Morgan fingerprint density at radius 2 is 1.88 bits per heavy atom. The van der Waals surface area contributed by atoms with Gasteiger partial charge in [-0.1, -0.05) is 5.21 Å². The van der Waals surface area contributed by atoms with Gasteiger partial charge in [0.2, 0.25) is 0 Å². The van der Waals surface area contributed by atoms with Gasteiger partial charge in [-0.15, -0.1) is 5.10 Å². The molecule has 0 amide bonds. The zero-order valence-electron chi connectivity index (χ0n) is 18.1. The van der Waals surface area contributed by atoms with E-state index in [1.165, 1.54) is 12.1 Å². The first kappa shape index (κ1) is 21.1. The van der Waals surface area contributed by atoms with Crippen LogP contribution in [0.15, 0.2) is 55.1 Å². The maximum atomic E-state index is 13.3. The van der Waals surface area contributed by atoms with Crippen molar-refractivity contribution in [3.05, 3.63) is 72.2 Å². The molecule has 1 aliphatic heterocycles. The third kappa shape index (κ3) is 4.43. The van der Waals surface area contributed by atoms with Crippen molar-refractivity contribution in [3.63, 3.8) is 0 Å². The Bertz CT molecular complexity index is 1260. The molecule has 10 heteroatoms. The van der Waals surface area contributed by atoms with Crippen molar-refractivity contribution in [1.82, 2.24) is 34.4 Å². The molecule has 0 aliphatic carbocycles. The van der Waals surface area contributed by atoms with Crippen LogP contribution in [0.25, 0.3) is 22.9 Å². The van der Waals surface area contributed by atoms with Gasteiger partial charge in [-0.2, -0.15) is 0 Å². The zero-order chi connectivity index (χ0) is 22.8. The molecule has 9 nitrogen and oxygen atoms in total. The maximum Gasteiger partial charge on any atom is 0.178 e. The number of aryl methyl sites for hydroxylation is 1. The molecule has 0 saturated carbocycles. The molecule has 1 aliphatic rings. The van der Waals surface area contributed by atoms with E-state index in [0.29, 0.717) is 53.9 Å². The molecular formula is C23H22FN7O2. The number of imidazole rings is 1. The number of morpholine rings is 1. The van der Waals surface area contributed by atoms with Crippen molar-refractivity contribution in [1.29, 1.82) is 0 Å². The van der Waals surface area contributed by atoms with Gasteiger partial charge in [-0.05, 0) is 43.3 Å². The third-order valence-corrected chi connectivity index (χ3v) is 5.54. The number of benzene rings is 1. The predicted octanol–water partition coefficient (Wildman–Crippen LogP) is 2.48. The van der Waals surface area contributed by atoms with E-state index in [-0.39, 0.29) is 11.6 Å². The normalized spacial score (nSPS) is 14.5. The van der Waals surface area contributed by atoms with Crippen LogP contribution in [-0.4, -0.2) is 73.1 Å². The summed E-state index contributed by atoms with van der Waals surface area (Å²) in [6, 6.07) is 9.60. The van der Waals surface area contributed by atoms with Crippen molar-refractivity contribution >= 4 is 5.78 Å². The number of nitrogens with zero attached hydrogens (tertiary/aromatic N) is 7. The summed E-state index contributed by atoms with van der Waals surface area (Å²) < 4.78 is 22.0. The molecule has 1 fully saturated rings. The average Bonchev–Trinajstić information content (AvgIpc) is 3.47. The molecule has 1 aromatic carbocycles. The Hall–Kier alpha value is -3.76. The van der Waals surface area contributed by atoms with Gasteiger partial charge in [0.15, 0.2) is 5.78 Å². The third-order valence-electron chi connectivity index (χ3n) is 5.54. The summed E-state index contributed by atoms with van der Waals surface area (Å²) in [5.41, 5.74) is 3.30. The number of pyridine rings is 1. The highest BCUT2D eigenvalue weighted by Crippen LogP contribution is 2.24. The SMILES string of the molecule is Cc1nnn(-c2ccc(F)cc2)c1-c1cn(-c2ccc(C(=O)CN3CCOCC3)cn2)cn1. The molecule has 0 radical (unpaired) electrons. The Labute approximate surface area is 189 Å². The number of carbonyl (C=O) groups is 1. The Morgan fingerprint density at radius 3 is 2.61 bits per heavy atom. The molecule has 0 spiro atoms. The second-order valence-electron chi connectivity index (χ2n) is 7.79. The smallest absolute Gasteiger partial charge is 0.178 e. The number of ether oxygens (including phenoxy) is 1. The molecule has 0 bridgehead atoms. The van der Waals surface area contributed by atoms with E-state index in [1.54, 1.807) is 46.0 Å². The number of hydrogen-bond donors (Lipinski definition) is 0. The number of aromatic nitrogens is 6. The van der Waals surface area contributed by atoms with Crippen molar-refractivity contribution in [3.8, 4) is 22.9 Å². The van der Waals surface area contributed by atoms with E-state index in [1.807, 2.05) is 13.1 Å². The molecule has 0 N–H and O–H groups in total. The lowest BCUT2D eigenvalue weighted by Crippen LogP contribution is -2.39. The van der Waals surface area contributed by atoms with Crippen LogP contribution in [0, 0.1) is 12.7 Å². The summed E-state index contributed by atoms with van der Waals surface area (Å²) in [6.07, 6.45) is 5.06. The van der Waals surface area contributed by atoms with Crippen LogP contribution in [0.5, 0.6) is 0 Å². The summed E-state index contributed by atoms with van der Waals surface area (Å²) in [6.45, 7) is 5.04. The number of carbonyl (C=O) groups excluding carboxylic acids is 1. The highest BCUT2D eigenvalue weighted by atomic mass is 19.1. The van der Waals surface area contributed by atoms with E-state index in [4.69, 9.17) is 4.74 Å². The molecule has 0 atom stereocenters. The summed E-state index contributed by atoms with van der Waals surface area (Å²) >= 11 is 0. The van der Waals surface area contributed by atoms with Crippen molar-refractivity contribution in [2.75, 3.05) is 32.8 Å². The zero-order valence-corrected chi connectivity index (χ0v) is 18.1. The van der Waals surface area contributed by atoms with Gasteiger partial charge >= 0.3 is 0 Å². The Morgan fingerprint density at radius 1 is 1.09 bits per heavy atom. The van der Waals surface area contributed by atoms with Crippen molar-refractivity contribution in [2.24, 2.45) is 0 Å². The summed E-state index contributed by atoms with van der Waals surface area (Å²) in [7, 11) is 0. The van der Waals surface area contributed by atoms with Gasteiger partial charge in [0, 0.05) is 31.0 Å². The predicted molar refractivity (Wildman–Crippen MR) is 118 cm³/mol. The van der Waals surface area contributed by atoms with Gasteiger partial charge in [-0.3, -0.25) is 14.3 Å². The fourth-order valence-electron chi connectivity index (χ4n) is 3.74. The monoisotopic (exact) mass is 447 g/mol. The van der Waals surface area contributed by atoms with Crippen LogP contribution >= 0.6 is 0 Å². The van der Waals surface area contributed by atoms with Crippen LogP contribution in [0.2, 0.25) is 0 Å². The summed E-state index contributed by atoms with van der Waals surface area (Å²) in [5.74, 6) is 0.349. The van der Waals surface area contributed by atoms with E-state index in [2.05, 4.69) is 25.2 Å². The van der Waals surface area contributed by atoms with Gasteiger partial charge < -0.3 is 4.74 Å². The van der Waals surface area contributed by atoms with Crippen LogP contribution in [0.4, 0.5) is 4.39 Å². The lowest BCUT2D eigenvalue weighted by atomic mass is 10.1. The highest BCUT2D eigenvalue weighted by Gasteiger charge is 2.18. The second-order valence-corrected chi connectivity index (χ2v) is 7.79. The molecule has 168 valence electrons. The number of Topliss-reactive ketones (excluding diaryl/α,β-unsaturated/α-hetero) is 1. The fourth-order valence-corrected chi connectivity index (χ4v) is 3.74. The Balaban J connectivity index is 1.36. The molecular weight excluding hydrogens is 425 g/mol. The summed E-state index contributed by atoms with van der Waals surface area (Å²) in [4.78, 5) is 23.6. The maximum absolute atomic E-state index is 13.3. The topological polar surface area (TPSA) is 91.0 Å². The lowest BCUT2D eigenvalue weighted by Gasteiger charge is -2.25. The van der Waals surface area contributed by atoms with E-state index < -0.39 is 0 Å².